The van der Waals surface area contributed by atoms with Gasteiger partial charge in [0.2, 0.25) is 0 Å². The maximum Gasteiger partial charge on any atom is 0.0948 e. The molecule has 17 heavy (non-hydrogen) atoms. The number of aryl methyl sites for hydroxylation is 1. The molecule has 0 spiro atoms. The molecule has 0 aliphatic carbocycles. The predicted molar refractivity (Wildman–Crippen MR) is 70.7 cm³/mol. The second kappa shape index (κ2) is 5.05. The first-order chi connectivity index (χ1) is 8.11. The molecule has 2 heterocycles. The molecule has 1 aromatic rings. The highest BCUT2D eigenvalue weighted by Gasteiger charge is 2.22. The standard InChI is InChI=1S/C14H23N3/c1-4-17-12-15-9-13(17)10-16-8-6-5-7-14(2,3)11-16/h5-6,9,12H,4,7-8,10-11H2,1-3H3. The topological polar surface area (TPSA) is 21.1 Å². The van der Waals surface area contributed by atoms with Crippen molar-refractivity contribution in [2.75, 3.05) is 13.1 Å². The van der Waals surface area contributed by atoms with Crippen LogP contribution in [0.4, 0.5) is 0 Å². The average Bonchev–Trinajstić information content (AvgIpc) is 2.63. The van der Waals surface area contributed by atoms with Crippen molar-refractivity contribution in [2.24, 2.45) is 5.41 Å². The van der Waals surface area contributed by atoms with Gasteiger partial charge < -0.3 is 4.57 Å². The molecule has 3 heteroatoms. The molecule has 2 rings (SSSR count). The maximum absolute atomic E-state index is 4.24. The molecule has 0 aromatic carbocycles. The molecule has 0 unspecified atom stereocenters. The fourth-order valence-electron chi connectivity index (χ4n) is 2.47. The molecule has 3 nitrogen and oxygen atoms in total. The second-order valence-corrected chi connectivity index (χ2v) is 5.68. The first-order valence-electron chi connectivity index (χ1n) is 6.47. The van der Waals surface area contributed by atoms with Gasteiger partial charge in [0.25, 0.3) is 0 Å². The minimum absolute atomic E-state index is 0.379. The number of rotatable bonds is 3. The molecule has 0 N–H and O–H groups in total. The SMILES string of the molecule is CCn1cncc1CN1CC=CCC(C)(C)C1. The van der Waals surface area contributed by atoms with Crippen LogP contribution in [0.3, 0.4) is 0 Å². The van der Waals surface area contributed by atoms with Crippen molar-refractivity contribution in [3.63, 3.8) is 0 Å². The summed E-state index contributed by atoms with van der Waals surface area (Å²) in [5, 5.41) is 0. The Morgan fingerprint density at radius 3 is 2.94 bits per heavy atom. The van der Waals surface area contributed by atoms with Crippen LogP contribution >= 0.6 is 0 Å². The van der Waals surface area contributed by atoms with Gasteiger partial charge in [0.15, 0.2) is 0 Å². The summed E-state index contributed by atoms with van der Waals surface area (Å²) in [6.45, 7) is 11.0. The van der Waals surface area contributed by atoms with Crippen LogP contribution in [-0.4, -0.2) is 27.5 Å². The number of hydrogen-bond donors (Lipinski definition) is 0. The zero-order chi connectivity index (χ0) is 12.3. The fourth-order valence-corrected chi connectivity index (χ4v) is 2.47. The van der Waals surface area contributed by atoms with Crippen molar-refractivity contribution in [3.8, 4) is 0 Å². The van der Waals surface area contributed by atoms with Gasteiger partial charge in [-0.05, 0) is 18.8 Å². The van der Waals surface area contributed by atoms with Crippen LogP contribution in [0.25, 0.3) is 0 Å². The molecule has 0 atom stereocenters. The lowest BCUT2D eigenvalue weighted by atomic mass is 9.89. The minimum Gasteiger partial charge on any atom is -0.334 e. The lowest BCUT2D eigenvalue weighted by Crippen LogP contribution is -2.33. The quantitative estimate of drug-likeness (QED) is 0.748. The number of hydrogen-bond acceptors (Lipinski definition) is 2. The molecule has 0 saturated heterocycles. The molecule has 1 aromatic heterocycles. The van der Waals surface area contributed by atoms with Crippen molar-refractivity contribution >= 4 is 0 Å². The Bertz CT molecular complexity index is 390. The first kappa shape index (κ1) is 12.4. The molecule has 0 saturated carbocycles. The number of aromatic nitrogens is 2. The van der Waals surface area contributed by atoms with Crippen LogP contribution in [0.1, 0.15) is 32.9 Å². The predicted octanol–water partition coefficient (Wildman–Crippen LogP) is 2.69. The van der Waals surface area contributed by atoms with Gasteiger partial charge >= 0.3 is 0 Å². The van der Waals surface area contributed by atoms with Gasteiger partial charge in [-0.2, -0.15) is 0 Å². The van der Waals surface area contributed by atoms with E-state index in [9.17, 15) is 0 Å². The molecule has 94 valence electrons. The molecule has 0 fully saturated rings. The van der Waals surface area contributed by atoms with Crippen LogP contribution in [0.2, 0.25) is 0 Å². The van der Waals surface area contributed by atoms with E-state index < -0.39 is 0 Å². The number of nitrogens with zero attached hydrogens (tertiary/aromatic N) is 3. The summed E-state index contributed by atoms with van der Waals surface area (Å²) >= 11 is 0. The van der Waals surface area contributed by atoms with Crippen LogP contribution in [0.5, 0.6) is 0 Å². The molecule has 0 bridgehead atoms. The molecular formula is C14H23N3. The molecule has 0 radical (unpaired) electrons. The largest absolute Gasteiger partial charge is 0.334 e. The van der Waals surface area contributed by atoms with Crippen LogP contribution in [0.15, 0.2) is 24.7 Å². The van der Waals surface area contributed by atoms with E-state index in [0.29, 0.717) is 5.41 Å². The van der Waals surface area contributed by atoms with Gasteiger partial charge in [0, 0.05) is 32.4 Å². The highest BCUT2D eigenvalue weighted by atomic mass is 15.2. The third kappa shape index (κ3) is 3.19. The van der Waals surface area contributed by atoms with Crippen LogP contribution in [-0.2, 0) is 13.1 Å². The molecule has 0 amide bonds. The van der Waals surface area contributed by atoms with E-state index >= 15 is 0 Å². The van der Waals surface area contributed by atoms with Crippen molar-refractivity contribution < 1.29 is 0 Å². The van der Waals surface area contributed by atoms with Crippen molar-refractivity contribution in [1.29, 1.82) is 0 Å². The lowest BCUT2D eigenvalue weighted by molar-refractivity contribution is 0.192. The maximum atomic E-state index is 4.24. The van der Waals surface area contributed by atoms with Crippen LogP contribution < -0.4 is 0 Å². The van der Waals surface area contributed by atoms with Crippen molar-refractivity contribution in [2.45, 2.75) is 40.3 Å². The lowest BCUT2D eigenvalue weighted by Gasteiger charge is -2.29. The number of imidazole rings is 1. The Kier molecular flexibility index (Phi) is 3.67. The molecule has 1 aliphatic heterocycles. The Balaban J connectivity index is 2.05. The van der Waals surface area contributed by atoms with Gasteiger partial charge in [-0.15, -0.1) is 0 Å². The number of allylic oxidation sites excluding steroid dienone is 1. The van der Waals surface area contributed by atoms with E-state index in [2.05, 4.69) is 47.4 Å². The molecule has 1 aliphatic rings. The van der Waals surface area contributed by atoms with E-state index in [0.717, 1.165) is 26.2 Å². The Morgan fingerprint density at radius 2 is 2.18 bits per heavy atom. The zero-order valence-corrected chi connectivity index (χ0v) is 11.2. The van der Waals surface area contributed by atoms with E-state index in [1.165, 1.54) is 12.1 Å². The summed E-state index contributed by atoms with van der Waals surface area (Å²) in [6.07, 6.45) is 9.70. The van der Waals surface area contributed by atoms with Crippen molar-refractivity contribution in [1.82, 2.24) is 14.5 Å². The Hall–Kier alpha value is -1.09. The summed E-state index contributed by atoms with van der Waals surface area (Å²) in [5.74, 6) is 0. The van der Waals surface area contributed by atoms with Gasteiger partial charge in [0.05, 0.1) is 12.0 Å². The fraction of sp³-hybridized carbons (Fsp3) is 0.643. The van der Waals surface area contributed by atoms with Gasteiger partial charge in [-0.3, -0.25) is 4.90 Å². The van der Waals surface area contributed by atoms with E-state index in [4.69, 9.17) is 0 Å². The summed E-state index contributed by atoms with van der Waals surface area (Å²) in [4.78, 5) is 6.74. The van der Waals surface area contributed by atoms with Crippen LogP contribution in [0, 0.1) is 5.41 Å². The highest BCUT2D eigenvalue weighted by molar-refractivity contribution is 5.01. The molecular weight excluding hydrogens is 210 g/mol. The highest BCUT2D eigenvalue weighted by Crippen LogP contribution is 2.25. The van der Waals surface area contributed by atoms with Crippen molar-refractivity contribution in [3.05, 3.63) is 30.4 Å². The summed E-state index contributed by atoms with van der Waals surface area (Å²) in [6, 6.07) is 0. The monoisotopic (exact) mass is 233 g/mol. The summed E-state index contributed by atoms with van der Waals surface area (Å²) in [7, 11) is 0. The summed E-state index contributed by atoms with van der Waals surface area (Å²) in [5.41, 5.74) is 1.70. The average molecular weight is 233 g/mol. The minimum atomic E-state index is 0.379. The second-order valence-electron chi connectivity index (χ2n) is 5.68. The van der Waals surface area contributed by atoms with Gasteiger partial charge in [-0.1, -0.05) is 26.0 Å². The normalized spacial score (nSPS) is 20.4. The Morgan fingerprint density at radius 1 is 1.35 bits per heavy atom. The zero-order valence-electron chi connectivity index (χ0n) is 11.2. The van der Waals surface area contributed by atoms with E-state index in [1.54, 1.807) is 0 Å². The summed E-state index contributed by atoms with van der Waals surface area (Å²) < 4.78 is 2.22. The Labute approximate surface area is 104 Å². The first-order valence-corrected chi connectivity index (χ1v) is 6.47. The smallest absolute Gasteiger partial charge is 0.0948 e. The third-order valence-electron chi connectivity index (χ3n) is 3.38. The van der Waals surface area contributed by atoms with E-state index in [-0.39, 0.29) is 0 Å². The van der Waals surface area contributed by atoms with Gasteiger partial charge in [-0.25, -0.2) is 4.98 Å². The van der Waals surface area contributed by atoms with E-state index in [1.807, 2.05) is 12.5 Å². The third-order valence-corrected chi connectivity index (χ3v) is 3.38. The van der Waals surface area contributed by atoms with Gasteiger partial charge in [0.1, 0.15) is 0 Å².